The molecule has 0 bridgehead atoms. The average Bonchev–Trinajstić information content (AvgIpc) is 3.14. The van der Waals surface area contributed by atoms with Crippen molar-refractivity contribution in [1.82, 2.24) is 4.98 Å². The highest BCUT2D eigenvalue weighted by atomic mass is 35.5. The van der Waals surface area contributed by atoms with E-state index >= 15 is 0 Å². The maximum absolute atomic E-state index is 12.1. The summed E-state index contributed by atoms with van der Waals surface area (Å²) in [6.07, 6.45) is 0.969. The van der Waals surface area contributed by atoms with E-state index in [1.165, 1.54) is 11.3 Å². The summed E-state index contributed by atoms with van der Waals surface area (Å²) in [5.74, 6) is 1.01. The Kier molecular flexibility index (Phi) is 6.68. The van der Waals surface area contributed by atoms with Crippen molar-refractivity contribution in [1.29, 1.82) is 0 Å². The maximum atomic E-state index is 12.1. The van der Waals surface area contributed by atoms with Crippen LogP contribution in [0.5, 0.6) is 11.5 Å². The number of halogens is 1. The Morgan fingerprint density at radius 2 is 1.93 bits per heavy atom. The summed E-state index contributed by atoms with van der Waals surface area (Å²) in [7, 11) is 0. The number of hydrogen-bond acceptors (Lipinski definition) is 5. The Morgan fingerprint density at radius 3 is 2.67 bits per heavy atom. The lowest BCUT2D eigenvalue weighted by Gasteiger charge is -2.07. The lowest BCUT2D eigenvalue weighted by Crippen LogP contribution is -2.20. The quantitative estimate of drug-likeness (QED) is 0.557. The van der Waals surface area contributed by atoms with Crippen LogP contribution in [-0.2, 0) is 4.79 Å². The number of carbonyl (C=O) groups excluding carboxylic acids is 1. The second kappa shape index (κ2) is 9.39. The van der Waals surface area contributed by atoms with Crippen LogP contribution in [0.15, 0.2) is 53.9 Å². The van der Waals surface area contributed by atoms with Crippen LogP contribution >= 0.6 is 22.9 Å². The van der Waals surface area contributed by atoms with Crippen molar-refractivity contribution in [2.75, 3.05) is 18.5 Å². The molecule has 0 saturated carbocycles. The molecule has 0 aliphatic heterocycles. The fraction of sp³-hybridized carbons (Fsp3) is 0.200. The van der Waals surface area contributed by atoms with Crippen molar-refractivity contribution in [2.45, 2.75) is 13.3 Å². The number of amides is 1. The molecule has 5 nitrogen and oxygen atoms in total. The molecule has 140 valence electrons. The van der Waals surface area contributed by atoms with Gasteiger partial charge < -0.3 is 9.47 Å². The minimum absolute atomic E-state index is 0.137. The summed E-state index contributed by atoms with van der Waals surface area (Å²) in [6, 6.07) is 14.8. The molecule has 1 heterocycles. The monoisotopic (exact) mass is 402 g/mol. The number of benzene rings is 2. The number of ether oxygens (including phenoxy) is 2. The van der Waals surface area contributed by atoms with Gasteiger partial charge in [0.05, 0.1) is 17.3 Å². The smallest absolute Gasteiger partial charge is 0.264 e. The molecule has 0 radical (unpaired) electrons. The predicted octanol–water partition coefficient (Wildman–Crippen LogP) is 5.27. The van der Waals surface area contributed by atoms with Crippen molar-refractivity contribution < 1.29 is 14.3 Å². The first-order valence-electron chi connectivity index (χ1n) is 8.51. The van der Waals surface area contributed by atoms with Crippen LogP contribution in [0.25, 0.3) is 11.3 Å². The zero-order valence-electron chi connectivity index (χ0n) is 14.8. The number of rotatable bonds is 8. The lowest BCUT2D eigenvalue weighted by molar-refractivity contribution is -0.118. The number of nitrogens with one attached hydrogen (secondary N) is 1. The molecule has 0 fully saturated rings. The third kappa shape index (κ3) is 5.45. The topological polar surface area (TPSA) is 60.5 Å². The fourth-order valence-corrected chi connectivity index (χ4v) is 3.19. The van der Waals surface area contributed by atoms with Crippen LogP contribution in [0, 0.1) is 0 Å². The van der Waals surface area contributed by atoms with Crippen molar-refractivity contribution in [3.05, 3.63) is 58.9 Å². The molecule has 0 atom stereocenters. The van der Waals surface area contributed by atoms with Gasteiger partial charge in [0.25, 0.3) is 5.91 Å². The second-order valence-electron chi connectivity index (χ2n) is 5.68. The number of thiazole rings is 1. The van der Waals surface area contributed by atoms with E-state index in [4.69, 9.17) is 21.1 Å². The van der Waals surface area contributed by atoms with Crippen molar-refractivity contribution in [3.63, 3.8) is 0 Å². The van der Waals surface area contributed by atoms with Crippen molar-refractivity contribution >= 4 is 34.0 Å². The van der Waals surface area contributed by atoms with Gasteiger partial charge in [-0.3, -0.25) is 10.1 Å². The molecule has 0 unspecified atom stereocenters. The Labute approximate surface area is 166 Å². The largest absolute Gasteiger partial charge is 0.494 e. The van der Waals surface area contributed by atoms with E-state index in [2.05, 4.69) is 17.2 Å². The van der Waals surface area contributed by atoms with Gasteiger partial charge in [-0.1, -0.05) is 30.7 Å². The van der Waals surface area contributed by atoms with Crippen LogP contribution in [0.3, 0.4) is 0 Å². The van der Waals surface area contributed by atoms with E-state index < -0.39 is 0 Å². The summed E-state index contributed by atoms with van der Waals surface area (Å²) in [5, 5.41) is 5.62. The van der Waals surface area contributed by atoms with E-state index in [-0.39, 0.29) is 12.5 Å². The minimum Gasteiger partial charge on any atom is -0.494 e. The standard InChI is InChI=1S/C20H19ClN2O3S/c1-2-11-25-15-9-7-14(8-10-15)17-13-27-20(22-17)23-19(24)12-26-18-6-4-3-5-16(18)21/h3-10,13H,2,11-12H2,1H3,(H,22,23,24). The van der Waals surface area contributed by atoms with E-state index in [9.17, 15) is 4.79 Å². The zero-order chi connectivity index (χ0) is 19.1. The first kappa shape index (κ1) is 19.2. The van der Waals surface area contributed by atoms with Gasteiger partial charge in [0, 0.05) is 10.9 Å². The lowest BCUT2D eigenvalue weighted by atomic mass is 10.2. The van der Waals surface area contributed by atoms with Gasteiger partial charge in [-0.05, 0) is 42.8 Å². The molecule has 1 amide bonds. The normalized spacial score (nSPS) is 10.4. The van der Waals surface area contributed by atoms with E-state index in [1.54, 1.807) is 24.3 Å². The highest BCUT2D eigenvalue weighted by Crippen LogP contribution is 2.27. The molecule has 3 aromatic rings. The van der Waals surface area contributed by atoms with Crippen LogP contribution < -0.4 is 14.8 Å². The number of aromatic nitrogens is 1. The Hall–Kier alpha value is -2.57. The summed E-state index contributed by atoms with van der Waals surface area (Å²) in [4.78, 5) is 16.5. The van der Waals surface area contributed by atoms with Gasteiger partial charge in [-0.25, -0.2) is 4.98 Å². The number of para-hydroxylation sites is 1. The average molecular weight is 403 g/mol. The van der Waals surface area contributed by atoms with E-state index in [1.807, 2.05) is 29.6 Å². The molecule has 0 aliphatic carbocycles. The number of nitrogens with zero attached hydrogens (tertiary/aromatic N) is 1. The molecular weight excluding hydrogens is 384 g/mol. The van der Waals surface area contributed by atoms with Gasteiger partial charge in [0.2, 0.25) is 0 Å². The maximum Gasteiger partial charge on any atom is 0.264 e. The zero-order valence-corrected chi connectivity index (χ0v) is 16.3. The molecular formula is C20H19ClN2O3S. The molecule has 2 aromatic carbocycles. The van der Waals surface area contributed by atoms with Crippen molar-refractivity contribution in [2.24, 2.45) is 0 Å². The molecule has 3 rings (SSSR count). The third-order valence-corrected chi connectivity index (χ3v) is 4.64. The summed E-state index contributed by atoms with van der Waals surface area (Å²) in [5.41, 5.74) is 1.76. The van der Waals surface area contributed by atoms with Gasteiger partial charge in [0.15, 0.2) is 11.7 Å². The van der Waals surface area contributed by atoms with Crippen LogP contribution in [-0.4, -0.2) is 24.1 Å². The van der Waals surface area contributed by atoms with Gasteiger partial charge >= 0.3 is 0 Å². The molecule has 27 heavy (non-hydrogen) atoms. The minimum atomic E-state index is -0.292. The van der Waals surface area contributed by atoms with E-state index in [0.29, 0.717) is 22.5 Å². The molecule has 1 N–H and O–H groups in total. The van der Waals surface area contributed by atoms with Crippen LogP contribution in [0.4, 0.5) is 5.13 Å². The summed E-state index contributed by atoms with van der Waals surface area (Å²) < 4.78 is 11.0. The fourth-order valence-electron chi connectivity index (χ4n) is 2.27. The first-order chi connectivity index (χ1) is 13.2. The van der Waals surface area contributed by atoms with Crippen molar-refractivity contribution in [3.8, 4) is 22.8 Å². The second-order valence-corrected chi connectivity index (χ2v) is 6.94. The molecule has 0 aliphatic rings. The SMILES string of the molecule is CCCOc1ccc(-c2csc(NC(=O)COc3ccccc3Cl)n2)cc1. The molecule has 7 heteroatoms. The Bertz CT molecular complexity index is 896. The predicted molar refractivity (Wildman–Crippen MR) is 109 cm³/mol. The highest BCUT2D eigenvalue weighted by Gasteiger charge is 2.10. The summed E-state index contributed by atoms with van der Waals surface area (Å²) >= 11 is 7.36. The first-order valence-corrected chi connectivity index (χ1v) is 9.77. The molecule has 1 aromatic heterocycles. The third-order valence-electron chi connectivity index (χ3n) is 3.57. The Morgan fingerprint density at radius 1 is 1.15 bits per heavy atom. The van der Waals surface area contributed by atoms with Gasteiger partial charge in [-0.15, -0.1) is 11.3 Å². The van der Waals surface area contributed by atoms with Gasteiger partial charge in [-0.2, -0.15) is 0 Å². The highest BCUT2D eigenvalue weighted by molar-refractivity contribution is 7.14. The number of anilines is 1. The number of hydrogen-bond donors (Lipinski definition) is 1. The van der Waals surface area contributed by atoms with E-state index in [0.717, 1.165) is 23.4 Å². The van der Waals surface area contributed by atoms with Crippen LogP contribution in [0.1, 0.15) is 13.3 Å². The van der Waals surface area contributed by atoms with Gasteiger partial charge in [0.1, 0.15) is 11.5 Å². The number of carbonyl (C=O) groups is 1. The Balaban J connectivity index is 1.55. The van der Waals surface area contributed by atoms with Crippen LogP contribution in [0.2, 0.25) is 5.02 Å². The summed E-state index contributed by atoms with van der Waals surface area (Å²) in [6.45, 7) is 2.63. The molecule has 0 spiro atoms. The molecule has 0 saturated heterocycles.